The fourth-order valence-electron chi connectivity index (χ4n) is 1.17. The summed E-state index contributed by atoms with van der Waals surface area (Å²) in [4.78, 5) is 20.7. The molecule has 0 amide bonds. The molecular weight excluding hydrogens is 204 g/mol. The molecule has 2 aromatic rings. The zero-order valence-corrected chi connectivity index (χ0v) is 7.69. The van der Waals surface area contributed by atoms with Crippen molar-refractivity contribution in [1.29, 1.82) is 0 Å². The molecule has 0 unspecified atom stereocenters. The Balaban J connectivity index is 2.53. The van der Waals surface area contributed by atoms with E-state index in [-0.39, 0.29) is 18.1 Å². The Morgan fingerprint density at radius 1 is 1.60 bits per heavy atom. The first-order valence-corrected chi connectivity index (χ1v) is 4.00. The molecule has 0 saturated carbocycles. The molecule has 0 saturated heterocycles. The van der Waals surface area contributed by atoms with Crippen molar-refractivity contribution in [3.8, 4) is 0 Å². The van der Waals surface area contributed by atoms with E-state index in [1.54, 1.807) is 0 Å². The summed E-state index contributed by atoms with van der Waals surface area (Å²) < 4.78 is 2.37. The van der Waals surface area contributed by atoms with Crippen molar-refractivity contribution >= 4 is 17.5 Å². The highest BCUT2D eigenvalue weighted by Gasteiger charge is 2.21. The van der Waals surface area contributed by atoms with Gasteiger partial charge in [0.25, 0.3) is 0 Å². The average molecular weight is 210 g/mol. The van der Waals surface area contributed by atoms with Crippen LogP contribution >= 0.6 is 0 Å². The van der Waals surface area contributed by atoms with Gasteiger partial charge in [-0.3, -0.25) is 4.79 Å². The molecule has 0 aliphatic heterocycles. The summed E-state index contributed by atoms with van der Waals surface area (Å²) >= 11 is 0. The van der Waals surface area contributed by atoms with Crippen molar-refractivity contribution in [3.05, 3.63) is 16.4 Å². The van der Waals surface area contributed by atoms with Gasteiger partial charge in [-0.25, -0.2) is 4.68 Å². The molecule has 0 aromatic carbocycles. The number of ketones is 1. The molecular formula is C6H6N6O3. The van der Waals surface area contributed by atoms with Crippen molar-refractivity contribution < 1.29 is 9.72 Å². The van der Waals surface area contributed by atoms with Crippen molar-refractivity contribution in [1.82, 2.24) is 24.4 Å². The van der Waals surface area contributed by atoms with E-state index in [9.17, 15) is 14.9 Å². The van der Waals surface area contributed by atoms with Gasteiger partial charge in [0.05, 0.1) is 5.10 Å². The molecule has 2 aromatic heterocycles. The second kappa shape index (κ2) is 3.12. The largest absolute Gasteiger partial charge is 0.466 e. The molecule has 2 rings (SSSR count). The predicted molar refractivity (Wildman–Crippen MR) is 46.1 cm³/mol. The summed E-state index contributed by atoms with van der Waals surface area (Å²) in [5, 5.41) is 21.2. The number of carbonyl (C=O) groups excluding carboxylic acids is 1. The van der Waals surface area contributed by atoms with E-state index in [1.165, 1.54) is 17.9 Å². The highest BCUT2D eigenvalue weighted by atomic mass is 16.6. The topological polar surface area (TPSA) is 108 Å². The zero-order valence-electron chi connectivity index (χ0n) is 7.69. The maximum Gasteiger partial charge on any atom is 0.466 e. The average Bonchev–Trinajstić information content (AvgIpc) is 2.66. The van der Waals surface area contributed by atoms with Crippen LogP contribution in [0.2, 0.25) is 0 Å². The Morgan fingerprint density at radius 2 is 2.33 bits per heavy atom. The molecule has 0 atom stereocenters. The third kappa shape index (κ3) is 1.43. The van der Waals surface area contributed by atoms with Gasteiger partial charge < -0.3 is 10.1 Å². The second-order valence-corrected chi connectivity index (χ2v) is 2.92. The zero-order chi connectivity index (χ0) is 11.0. The SMILES string of the molecule is CC(=O)Cn1ncn2c([N+](=O)[O-])nnc12. The molecule has 15 heavy (non-hydrogen) atoms. The quantitative estimate of drug-likeness (QED) is 0.495. The van der Waals surface area contributed by atoms with Crippen LogP contribution in [-0.4, -0.2) is 35.1 Å². The molecule has 2 heterocycles. The molecule has 0 aliphatic carbocycles. The van der Waals surface area contributed by atoms with E-state index >= 15 is 0 Å². The first-order valence-electron chi connectivity index (χ1n) is 4.00. The van der Waals surface area contributed by atoms with Crippen LogP contribution in [0.1, 0.15) is 6.92 Å². The standard InChI is InChI=1S/C6H6N6O3/c1-4(13)2-11-5-8-9-6(12(14)15)10(5)3-7-11/h3H,2H2,1H3. The number of aromatic nitrogens is 5. The van der Waals surface area contributed by atoms with Gasteiger partial charge in [-0.2, -0.15) is 0 Å². The van der Waals surface area contributed by atoms with Crippen LogP contribution in [0, 0.1) is 10.1 Å². The van der Waals surface area contributed by atoms with Crippen LogP contribution in [0.15, 0.2) is 6.33 Å². The lowest BCUT2D eigenvalue weighted by molar-refractivity contribution is -0.395. The lowest BCUT2D eigenvalue weighted by Crippen LogP contribution is -2.07. The van der Waals surface area contributed by atoms with E-state index in [0.717, 1.165) is 4.40 Å². The number of carbonyl (C=O) groups is 1. The number of rotatable bonds is 3. The third-order valence-corrected chi connectivity index (χ3v) is 1.73. The number of Topliss-reactive ketones (excluding diaryl/α,β-unsaturated/α-hetero) is 1. The Labute approximate surface area is 82.5 Å². The fraction of sp³-hybridized carbons (Fsp3) is 0.333. The van der Waals surface area contributed by atoms with Crippen molar-refractivity contribution in [2.75, 3.05) is 0 Å². The van der Waals surface area contributed by atoms with E-state index in [2.05, 4.69) is 15.3 Å². The maximum absolute atomic E-state index is 10.8. The Morgan fingerprint density at radius 3 is 2.93 bits per heavy atom. The molecule has 9 heteroatoms. The number of nitro groups is 1. The minimum absolute atomic E-state index is 0.0202. The van der Waals surface area contributed by atoms with Gasteiger partial charge in [0.1, 0.15) is 6.54 Å². The van der Waals surface area contributed by atoms with Gasteiger partial charge in [0, 0.05) is 0 Å². The van der Waals surface area contributed by atoms with Gasteiger partial charge in [-0.15, -0.1) is 9.50 Å². The van der Waals surface area contributed by atoms with Crippen molar-refractivity contribution in [2.45, 2.75) is 13.5 Å². The molecule has 0 bridgehead atoms. The van der Waals surface area contributed by atoms with Crippen LogP contribution in [0.3, 0.4) is 0 Å². The van der Waals surface area contributed by atoms with E-state index in [1.807, 2.05) is 0 Å². The fourth-order valence-corrected chi connectivity index (χ4v) is 1.17. The number of hydrogen-bond acceptors (Lipinski definition) is 6. The second-order valence-electron chi connectivity index (χ2n) is 2.92. The van der Waals surface area contributed by atoms with Gasteiger partial charge in [0.2, 0.25) is 0 Å². The molecule has 0 N–H and O–H groups in total. The normalized spacial score (nSPS) is 10.7. The molecule has 0 fully saturated rings. The van der Waals surface area contributed by atoms with Crippen LogP contribution in [-0.2, 0) is 11.3 Å². The van der Waals surface area contributed by atoms with Gasteiger partial charge in [-0.05, 0) is 16.9 Å². The molecule has 0 aliphatic rings. The maximum atomic E-state index is 10.8. The summed E-state index contributed by atoms with van der Waals surface area (Å²) in [5.74, 6) is -0.358. The van der Waals surface area contributed by atoms with Crippen LogP contribution in [0.4, 0.5) is 5.95 Å². The summed E-state index contributed by atoms with van der Waals surface area (Å²) in [6, 6.07) is 0. The summed E-state index contributed by atoms with van der Waals surface area (Å²) in [6.07, 6.45) is 1.20. The first kappa shape index (κ1) is 9.24. The van der Waals surface area contributed by atoms with Crippen LogP contribution in [0.5, 0.6) is 0 Å². The van der Waals surface area contributed by atoms with E-state index in [4.69, 9.17) is 0 Å². The highest BCUT2D eigenvalue weighted by molar-refractivity contribution is 5.75. The van der Waals surface area contributed by atoms with Gasteiger partial charge >= 0.3 is 11.7 Å². The summed E-state index contributed by atoms with van der Waals surface area (Å²) in [6.45, 7) is 1.41. The lowest BCUT2D eigenvalue weighted by Gasteiger charge is -1.91. The van der Waals surface area contributed by atoms with Crippen LogP contribution < -0.4 is 0 Å². The van der Waals surface area contributed by atoms with Crippen molar-refractivity contribution in [3.63, 3.8) is 0 Å². The Bertz CT molecular complexity index is 540. The monoisotopic (exact) mass is 210 g/mol. The van der Waals surface area contributed by atoms with E-state index in [0.29, 0.717) is 0 Å². The number of hydrogen-bond donors (Lipinski definition) is 0. The molecule has 78 valence electrons. The minimum Gasteiger partial charge on any atom is -0.390 e. The summed E-state index contributed by atoms with van der Waals surface area (Å²) in [7, 11) is 0. The van der Waals surface area contributed by atoms with Crippen LogP contribution in [0.25, 0.3) is 5.78 Å². The highest BCUT2D eigenvalue weighted by Crippen LogP contribution is 2.09. The molecule has 0 radical (unpaired) electrons. The molecule has 9 nitrogen and oxygen atoms in total. The first-order chi connectivity index (χ1) is 7.09. The number of nitrogens with zero attached hydrogens (tertiary/aromatic N) is 6. The van der Waals surface area contributed by atoms with Gasteiger partial charge in [-0.1, -0.05) is 0 Å². The smallest absolute Gasteiger partial charge is 0.390 e. The number of fused-ring (bicyclic) bond motifs is 1. The van der Waals surface area contributed by atoms with E-state index < -0.39 is 10.9 Å². The lowest BCUT2D eigenvalue weighted by atomic mass is 10.5. The Kier molecular flexibility index (Phi) is 1.92. The van der Waals surface area contributed by atoms with Gasteiger partial charge in [0.15, 0.2) is 12.1 Å². The Hall–Kier alpha value is -2.32. The molecule has 0 spiro atoms. The summed E-state index contributed by atoms with van der Waals surface area (Å²) in [5.41, 5.74) is 0. The predicted octanol–water partition coefficient (Wildman–Crippen LogP) is -0.577. The third-order valence-electron chi connectivity index (χ3n) is 1.73. The minimum atomic E-state index is -0.667. The van der Waals surface area contributed by atoms with Crippen molar-refractivity contribution in [2.24, 2.45) is 0 Å².